The molecule has 0 amide bonds. The van der Waals surface area contributed by atoms with Crippen molar-refractivity contribution < 1.29 is 0 Å². The maximum absolute atomic E-state index is 9.11. The Hall–Kier alpha value is -5.59. The van der Waals surface area contributed by atoms with Crippen molar-refractivity contribution in [3.63, 3.8) is 0 Å². The van der Waals surface area contributed by atoms with Crippen LogP contribution in [-0.4, -0.2) is 9.97 Å². The first-order valence-corrected chi connectivity index (χ1v) is 13.2. The van der Waals surface area contributed by atoms with Gasteiger partial charge in [0.1, 0.15) is 0 Å². The molecule has 0 unspecified atom stereocenters. The summed E-state index contributed by atoms with van der Waals surface area (Å²) in [7, 11) is 0. The summed E-state index contributed by atoms with van der Waals surface area (Å²) in [5, 5.41) is 12.5. The van der Waals surface area contributed by atoms with Crippen molar-refractivity contribution in [1.82, 2.24) is 9.97 Å². The summed E-state index contributed by atoms with van der Waals surface area (Å²) >= 11 is 0. The summed E-state index contributed by atoms with van der Waals surface area (Å²) < 4.78 is 0. The summed E-state index contributed by atoms with van der Waals surface area (Å²) in [4.78, 5) is 9.90. The number of para-hydroxylation sites is 1. The minimum atomic E-state index is 0.667. The van der Waals surface area contributed by atoms with E-state index < -0.39 is 0 Å². The van der Waals surface area contributed by atoms with Gasteiger partial charge in [0.25, 0.3) is 0 Å². The second kappa shape index (κ2) is 9.94. The molecule has 0 aliphatic heterocycles. The van der Waals surface area contributed by atoms with Crippen LogP contribution >= 0.6 is 0 Å². The minimum Gasteiger partial charge on any atom is -0.228 e. The third-order valence-electron chi connectivity index (χ3n) is 7.31. The predicted molar refractivity (Wildman–Crippen MR) is 164 cm³/mol. The second-order valence-electron chi connectivity index (χ2n) is 9.82. The van der Waals surface area contributed by atoms with E-state index in [4.69, 9.17) is 15.2 Å². The van der Waals surface area contributed by atoms with Gasteiger partial charge >= 0.3 is 0 Å². The Bertz CT molecular complexity index is 2040. The SMILES string of the molecule is N#Cc1ccc(-c2ccc3ccc(-c4ccc(-c5nc(-c6ccccc6)c6ccccc6n5)cc4)cc3c2)cc1. The highest BCUT2D eigenvalue weighted by Gasteiger charge is 2.11. The van der Waals surface area contributed by atoms with Crippen LogP contribution in [0.15, 0.2) is 140 Å². The average molecular weight is 510 g/mol. The number of nitrogens with zero attached hydrogens (tertiary/aromatic N) is 3. The van der Waals surface area contributed by atoms with Crippen LogP contribution in [0.4, 0.5) is 0 Å². The van der Waals surface area contributed by atoms with Crippen molar-refractivity contribution in [2.24, 2.45) is 0 Å². The van der Waals surface area contributed by atoms with E-state index in [0.717, 1.165) is 55.8 Å². The molecule has 7 aromatic rings. The molecular formula is C37H23N3. The molecule has 3 heteroatoms. The van der Waals surface area contributed by atoms with E-state index in [-0.39, 0.29) is 0 Å². The van der Waals surface area contributed by atoms with Crippen molar-refractivity contribution >= 4 is 21.7 Å². The lowest BCUT2D eigenvalue weighted by Gasteiger charge is -2.10. The smallest absolute Gasteiger partial charge is 0.160 e. The minimum absolute atomic E-state index is 0.667. The molecule has 0 atom stereocenters. The van der Waals surface area contributed by atoms with Gasteiger partial charge in [-0.2, -0.15) is 5.26 Å². The molecule has 3 nitrogen and oxygen atoms in total. The van der Waals surface area contributed by atoms with Crippen LogP contribution in [0, 0.1) is 11.3 Å². The largest absolute Gasteiger partial charge is 0.228 e. The molecule has 186 valence electrons. The first kappa shape index (κ1) is 23.5. The molecule has 1 aromatic heterocycles. The van der Waals surface area contributed by atoms with E-state index in [0.29, 0.717) is 5.56 Å². The molecule has 0 spiro atoms. The lowest BCUT2D eigenvalue weighted by atomic mass is 9.97. The number of aromatic nitrogens is 2. The summed E-state index contributed by atoms with van der Waals surface area (Å²) in [6.45, 7) is 0. The van der Waals surface area contributed by atoms with E-state index in [1.807, 2.05) is 60.7 Å². The Morgan fingerprint density at radius 3 is 1.70 bits per heavy atom. The van der Waals surface area contributed by atoms with Crippen molar-refractivity contribution in [2.45, 2.75) is 0 Å². The van der Waals surface area contributed by atoms with Gasteiger partial charge in [-0.05, 0) is 63.4 Å². The van der Waals surface area contributed by atoms with Crippen LogP contribution in [0.3, 0.4) is 0 Å². The standard InChI is InChI=1S/C37H23N3/c38-24-25-10-12-26(13-11-25)31-20-16-28-17-21-32(23-33(28)22-31)27-14-18-30(19-15-27)37-39-35-9-5-4-8-34(35)36(40-37)29-6-2-1-3-7-29/h1-23H. The van der Waals surface area contributed by atoms with Gasteiger partial charge in [0, 0.05) is 16.5 Å². The van der Waals surface area contributed by atoms with Crippen LogP contribution in [0.1, 0.15) is 5.56 Å². The highest BCUT2D eigenvalue weighted by Crippen LogP contribution is 2.32. The van der Waals surface area contributed by atoms with Crippen molar-refractivity contribution in [3.8, 4) is 51.0 Å². The number of fused-ring (bicyclic) bond motifs is 2. The molecule has 0 aliphatic carbocycles. The molecule has 6 aromatic carbocycles. The van der Waals surface area contributed by atoms with Gasteiger partial charge in [-0.15, -0.1) is 0 Å². The topological polar surface area (TPSA) is 49.6 Å². The van der Waals surface area contributed by atoms with Gasteiger partial charge in [-0.25, -0.2) is 9.97 Å². The van der Waals surface area contributed by atoms with Gasteiger partial charge in [0.05, 0.1) is 22.8 Å². The van der Waals surface area contributed by atoms with Gasteiger partial charge in [-0.1, -0.05) is 109 Å². The molecule has 0 bridgehead atoms. The number of rotatable bonds is 4. The highest BCUT2D eigenvalue weighted by atomic mass is 14.9. The normalized spacial score (nSPS) is 11.0. The Morgan fingerprint density at radius 1 is 0.450 bits per heavy atom. The van der Waals surface area contributed by atoms with E-state index >= 15 is 0 Å². The first-order chi connectivity index (χ1) is 19.7. The number of hydrogen-bond donors (Lipinski definition) is 0. The van der Waals surface area contributed by atoms with Crippen LogP contribution in [0.2, 0.25) is 0 Å². The van der Waals surface area contributed by atoms with Crippen LogP contribution in [0.5, 0.6) is 0 Å². The van der Waals surface area contributed by atoms with E-state index in [1.165, 1.54) is 10.8 Å². The summed E-state index contributed by atoms with van der Waals surface area (Å²) in [6.07, 6.45) is 0. The zero-order valence-electron chi connectivity index (χ0n) is 21.6. The predicted octanol–water partition coefficient (Wildman–Crippen LogP) is 9.32. The number of hydrogen-bond acceptors (Lipinski definition) is 3. The molecule has 40 heavy (non-hydrogen) atoms. The van der Waals surface area contributed by atoms with Gasteiger partial charge < -0.3 is 0 Å². The monoisotopic (exact) mass is 509 g/mol. The zero-order valence-corrected chi connectivity index (χ0v) is 21.6. The quantitative estimate of drug-likeness (QED) is 0.237. The molecule has 7 rings (SSSR count). The lowest BCUT2D eigenvalue weighted by molar-refractivity contribution is 1.23. The van der Waals surface area contributed by atoms with E-state index in [2.05, 4.69) is 84.9 Å². The molecule has 0 aliphatic rings. The maximum atomic E-state index is 9.11. The van der Waals surface area contributed by atoms with Crippen LogP contribution in [-0.2, 0) is 0 Å². The summed E-state index contributed by atoms with van der Waals surface area (Å²) in [5.41, 5.74) is 9.12. The fraction of sp³-hybridized carbons (Fsp3) is 0. The fourth-order valence-corrected chi connectivity index (χ4v) is 5.18. The molecule has 0 saturated heterocycles. The molecular weight excluding hydrogens is 486 g/mol. The second-order valence-corrected chi connectivity index (χ2v) is 9.82. The zero-order chi connectivity index (χ0) is 26.9. The Balaban J connectivity index is 1.24. The molecule has 1 heterocycles. The summed E-state index contributed by atoms with van der Waals surface area (Å²) in [6, 6.07) is 49.9. The molecule has 0 radical (unpaired) electrons. The lowest BCUT2D eigenvalue weighted by Crippen LogP contribution is -1.95. The van der Waals surface area contributed by atoms with Crippen LogP contribution < -0.4 is 0 Å². The van der Waals surface area contributed by atoms with Crippen molar-refractivity contribution in [3.05, 3.63) is 145 Å². The molecule has 0 fully saturated rings. The Kier molecular flexibility index (Phi) is 5.85. The Morgan fingerprint density at radius 2 is 1.02 bits per heavy atom. The average Bonchev–Trinajstić information content (AvgIpc) is 3.04. The molecule has 0 N–H and O–H groups in total. The summed E-state index contributed by atoms with van der Waals surface area (Å²) in [5.74, 6) is 0.717. The highest BCUT2D eigenvalue weighted by molar-refractivity contribution is 5.94. The van der Waals surface area contributed by atoms with E-state index in [9.17, 15) is 0 Å². The van der Waals surface area contributed by atoms with Crippen molar-refractivity contribution in [1.29, 1.82) is 5.26 Å². The van der Waals surface area contributed by atoms with E-state index in [1.54, 1.807) is 0 Å². The van der Waals surface area contributed by atoms with Gasteiger partial charge in [0.2, 0.25) is 0 Å². The Labute approximate surface area is 232 Å². The van der Waals surface area contributed by atoms with Crippen LogP contribution in [0.25, 0.3) is 66.6 Å². The van der Waals surface area contributed by atoms with Crippen molar-refractivity contribution in [2.75, 3.05) is 0 Å². The third-order valence-corrected chi connectivity index (χ3v) is 7.31. The van der Waals surface area contributed by atoms with Gasteiger partial charge in [-0.3, -0.25) is 0 Å². The first-order valence-electron chi connectivity index (χ1n) is 13.2. The van der Waals surface area contributed by atoms with Gasteiger partial charge in [0.15, 0.2) is 5.82 Å². The third kappa shape index (κ3) is 4.38. The number of nitriles is 1. The fourth-order valence-electron chi connectivity index (χ4n) is 5.18. The molecule has 0 saturated carbocycles. The number of benzene rings is 6. The maximum Gasteiger partial charge on any atom is 0.160 e.